The maximum atomic E-state index is 6.16. The van der Waals surface area contributed by atoms with Gasteiger partial charge in [-0.25, -0.2) is 0 Å². The molecule has 0 saturated carbocycles. The van der Waals surface area contributed by atoms with Gasteiger partial charge in [0, 0.05) is 37.4 Å². The topological polar surface area (TPSA) is 41.1 Å². The summed E-state index contributed by atoms with van der Waals surface area (Å²) >= 11 is 6.16. The summed E-state index contributed by atoms with van der Waals surface area (Å²) in [6, 6.07) is 15.5. The van der Waals surface area contributed by atoms with Gasteiger partial charge in [-0.1, -0.05) is 48.9 Å². The highest BCUT2D eigenvalue weighted by molar-refractivity contribution is 6.30. The summed E-state index contributed by atoms with van der Waals surface area (Å²) in [5, 5.41) is 4.19. The van der Waals surface area contributed by atoms with Gasteiger partial charge < -0.3 is 5.32 Å². The number of halogens is 1. The monoisotopic (exact) mass is 448 g/mol. The highest BCUT2D eigenvalue weighted by atomic mass is 35.5. The maximum absolute atomic E-state index is 6.16. The molecule has 1 unspecified atom stereocenters. The van der Waals surface area contributed by atoms with Gasteiger partial charge in [0.05, 0.1) is 16.4 Å². The molecule has 0 spiro atoms. The Morgan fingerprint density at radius 2 is 1.69 bits per heavy atom. The van der Waals surface area contributed by atoms with Crippen molar-refractivity contribution in [1.29, 1.82) is 0 Å². The maximum Gasteiger partial charge on any atom is 0.0592 e. The third kappa shape index (κ3) is 5.37. The van der Waals surface area contributed by atoms with Crippen molar-refractivity contribution in [3.05, 3.63) is 93.5 Å². The molecule has 4 nitrogen and oxygen atoms in total. The number of pyridine rings is 2. The normalized spacial score (nSPS) is 15.8. The predicted molar refractivity (Wildman–Crippen MR) is 132 cm³/mol. The Morgan fingerprint density at radius 3 is 2.44 bits per heavy atom. The van der Waals surface area contributed by atoms with E-state index >= 15 is 0 Å². The van der Waals surface area contributed by atoms with Crippen molar-refractivity contribution in [3.63, 3.8) is 0 Å². The first kappa shape index (κ1) is 22.9. The molecular formula is C27H33ClN4. The Hall–Kier alpha value is -2.27. The van der Waals surface area contributed by atoms with Crippen LogP contribution in [0.5, 0.6) is 0 Å². The summed E-state index contributed by atoms with van der Waals surface area (Å²) in [6.07, 6.45) is 5.97. The minimum Gasteiger partial charge on any atom is -0.317 e. The minimum atomic E-state index is 0.296. The molecule has 1 N–H and O–H groups in total. The van der Waals surface area contributed by atoms with Crippen LogP contribution < -0.4 is 5.32 Å². The fraction of sp³-hybridized carbons (Fsp3) is 0.407. The Balaban J connectivity index is 1.64. The van der Waals surface area contributed by atoms with Crippen molar-refractivity contribution < 1.29 is 0 Å². The van der Waals surface area contributed by atoms with Crippen LogP contribution in [-0.4, -0.2) is 34.0 Å². The molecule has 5 heteroatoms. The number of hydrogen-bond donors (Lipinski definition) is 1. The van der Waals surface area contributed by atoms with Gasteiger partial charge in [-0.2, -0.15) is 0 Å². The van der Waals surface area contributed by atoms with Crippen LogP contribution in [0.2, 0.25) is 5.02 Å². The van der Waals surface area contributed by atoms with Crippen LogP contribution in [-0.2, 0) is 13.1 Å². The van der Waals surface area contributed by atoms with Crippen molar-refractivity contribution in [2.24, 2.45) is 0 Å². The summed E-state index contributed by atoms with van der Waals surface area (Å²) in [7, 11) is 0. The van der Waals surface area contributed by atoms with Crippen LogP contribution in [0.15, 0.2) is 54.9 Å². The SMILES string of the molecule is Cc1ccccc1C(C)c1cccnc1CN(Cc1ncc(Cl)cc1C)C1CCNCC1. The van der Waals surface area contributed by atoms with E-state index in [-0.39, 0.29) is 0 Å². The Morgan fingerprint density at radius 1 is 0.969 bits per heavy atom. The van der Waals surface area contributed by atoms with Crippen molar-refractivity contribution in [3.8, 4) is 0 Å². The highest BCUT2D eigenvalue weighted by Crippen LogP contribution is 2.30. The second kappa shape index (κ2) is 10.6. The van der Waals surface area contributed by atoms with Crippen LogP contribution >= 0.6 is 11.6 Å². The van der Waals surface area contributed by atoms with Crippen LogP contribution in [0.1, 0.15) is 59.3 Å². The fourth-order valence-corrected chi connectivity index (χ4v) is 5.03. The summed E-state index contributed by atoms with van der Waals surface area (Å²) in [6.45, 7) is 10.3. The molecule has 3 aromatic rings. The van der Waals surface area contributed by atoms with Gasteiger partial charge in [-0.3, -0.25) is 14.9 Å². The first-order valence-electron chi connectivity index (χ1n) is 11.6. The van der Waals surface area contributed by atoms with Crippen molar-refractivity contribution in [1.82, 2.24) is 20.2 Å². The van der Waals surface area contributed by atoms with Gasteiger partial charge in [0.25, 0.3) is 0 Å². The zero-order valence-corrected chi connectivity index (χ0v) is 20.1. The zero-order valence-electron chi connectivity index (χ0n) is 19.3. The number of aryl methyl sites for hydroxylation is 2. The van der Waals surface area contributed by atoms with Gasteiger partial charge >= 0.3 is 0 Å². The highest BCUT2D eigenvalue weighted by Gasteiger charge is 2.25. The first-order chi connectivity index (χ1) is 15.5. The summed E-state index contributed by atoms with van der Waals surface area (Å²) in [5.74, 6) is 0.296. The number of nitrogens with one attached hydrogen (secondary N) is 1. The van der Waals surface area contributed by atoms with E-state index in [4.69, 9.17) is 16.6 Å². The number of piperidine rings is 1. The average molecular weight is 449 g/mol. The molecule has 168 valence electrons. The Bertz CT molecular complexity index is 1050. The van der Waals surface area contributed by atoms with E-state index in [0.29, 0.717) is 17.0 Å². The molecule has 1 aliphatic heterocycles. The molecule has 1 fully saturated rings. The molecule has 3 heterocycles. The second-order valence-electron chi connectivity index (χ2n) is 8.92. The molecule has 1 saturated heterocycles. The van der Waals surface area contributed by atoms with Crippen molar-refractivity contribution >= 4 is 11.6 Å². The molecule has 2 aromatic heterocycles. The van der Waals surface area contributed by atoms with E-state index in [1.165, 1.54) is 16.7 Å². The smallest absolute Gasteiger partial charge is 0.0592 e. The summed E-state index contributed by atoms with van der Waals surface area (Å²) in [5.41, 5.74) is 7.40. The molecule has 0 aliphatic carbocycles. The van der Waals surface area contributed by atoms with E-state index in [0.717, 1.165) is 56.0 Å². The molecule has 1 aliphatic rings. The van der Waals surface area contributed by atoms with Crippen LogP contribution in [0.3, 0.4) is 0 Å². The number of rotatable bonds is 7. The molecular weight excluding hydrogens is 416 g/mol. The number of nitrogens with zero attached hydrogens (tertiary/aromatic N) is 3. The first-order valence-corrected chi connectivity index (χ1v) is 12.0. The fourth-order valence-electron chi connectivity index (χ4n) is 4.82. The van der Waals surface area contributed by atoms with Gasteiger partial charge in [0.2, 0.25) is 0 Å². The summed E-state index contributed by atoms with van der Waals surface area (Å²) in [4.78, 5) is 12.1. The lowest BCUT2D eigenvalue weighted by Gasteiger charge is -2.35. The number of aromatic nitrogens is 2. The molecule has 0 amide bonds. The standard InChI is InChI=1S/C27H33ClN4/c1-19-7-4-5-8-24(19)21(3)25-9-6-12-30-27(25)18-32(23-10-13-29-14-11-23)17-26-20(2)15-22(28)16-31-26/h4-9,12,15-16,21,23,29H,10-11,13-14,17-18H2,1-3H3. The predicted octanol–water partition coefficient (Wildman–Crippen LogP) is 5.65. The second-order valence-corrected chi connectivity index (χ2v) is 9.36. The van der Waals surface area contributed by atoms with Gasteiger partial charge in [-0.15, -0.1) is 0 Å². The Kier molecular flexibility index (Phi) is 7.56. The van der Waals surface area contributed by atoms with E-state index in [2.05, 4.69) is 72.4 Å². The van der Waals surface area contributed by atoms with Crippen LogP contribution in [0.4, 0.5) is 0 Å². The third-order valence-corrected chi connectivity index (χ3v) is 6.94. The van der Waals surface area contributed by atoms with Crippen LogP contribution in [0.25, 0.3) is 0 Å². The largest absolute Gasteiger partial charge is 0.317 e. The molecule has 0 radical (unpaired) electrons. The van der Waals surface area contributed by atoms with E-state index < -0.39 is 0 Å². The summed E-state index contributed by atoms with van der Waals surface area (Å²) < 4.78 is 0. The minimum absolute atomic E-state index is 0.296. The Labute approximate surface area is 197 Å². The number of benzene rings is 1. The van der Waals surface area contributed by atoms with Gasteiger partial charge in [0.1, 0.15) is 0 Å². The van der Waals surface area contributed by atoms with Crippen molar-refractivity contribution in [2.45, 2.75) is 58.7 Å². The molecule has 4 rings (SSSR count). The molecule has 1 aromatic carbocycles. The lowest BCUT2D eigenvalue weighted by atomic mass is 9.89. The van der Waals surface area contributed by atoms with Crippen LogP contribution in [0, 0.1) is 13.8 Å². The molecule has 0 bridgehead atoms. The average Bonchev–Trinajstić information content (AvgIpc) is 2.81. The lowest BCUT2D eigenvalue weighted by Crippen LogP contribution is -2.43. The van der Waals surface area contributed by atoms with E-state index in [9.17, 15) is 0 Å². The quantitative estimate of drug-likeness (QED) is 0.506. The third-order valence-electron chi connectivity index (χ3n) is 6.73. The van der Waals surface area contributed by atoms with Crippen molar-refractivity contribution in [2.75, 3.05) is 13.1 Å². The van der Waals surface area contributed by atoms with E-state index in [1.807, 2.05) is 12.3 Å². The molecule has 1 atom stereocenters. The zero-order chi connectivity index (χ0) is 22.5. The number of hydrogen-bond acceptors (Lipinski definition) is 4. The van der Waals surface area contributed by atoms with Gasteiger partial charge in [-0.05, 0) is 74.2 Å². The van der Waals surface area contributed by atoms with Gasteiger partial charge in [0.15, 0.2) is 0 Å². The lowest BCUT2D eigenvalue weighted by molar-refractivity contribution is 0.141. The van der Waals surface area contributed by atoms with E-state index in [1.54, 1.807) is 6.20 Å². The molecule has 32 heavy (non-hydrogen) atoms.